The molecule has 0 spiro atoms. The number of hydrogen-bond donors (Lipinski definition) is 1. The van der Waals surface area contributed by atoms with Crippen LogP contribution in [0.2, 0.25) is 0 Å². The van der Waals surface area contributed by atoms with E-state index < -0.39 is 20.8 Å². The molecule has 2 aromatic rings. The van der Waals surface area contributed by atoms with E-state index in [1.807, 2.05) is 0 Å². The Hall–Kier alpha value is -2.85. The van der Waals surface area contributed by atoms with Gasteiger partial charge in [-0.25, -0.2) is 17.9 Å². The molecule has 0 unspecified atom stereocenters. The van der Waals surface area contributed by atoms with E-state index >= 15 is 0 Å². The lowest BCUT2D eigenvalue weighted by atomic mass is 9.88. The number of nitrogens with two attached hydrogens (primary N) is 1. The molecule has 1 fully saturated rings. The predicted octanol–water partition coefficient (Wildman–Crippen LogP) is 2.48. The molecular formula is C18H18FN3O5S. The summed E-state index contributed by atoms with van der Waals surface area (Å²) in [6, 6.07) is 8.72. The molecule has 1 heterocycles. The quantitative estimate of drug-likeness (QED) is 0.461. The van der Waals surface area contributed by atoms with Crippen molar-refractivity contribution >= 4 is 27.2 Å². The van der Waals surface area contributed by atoms with Crippen LogP contribution in [-0.2, 0) is 10.0 Å². The number of piperidine rings is 1. The van der Waals surface area contributed by atoms with Crippen molar-refractivity contribution in [3.8, 4) is 0 Å². The summed E-state index contributed by atoms with van der Waals surface area (Å²) in [7, 11) is -4.07. The van der Waals surface area contributed by atoms with Crippen LogP contribution in [0.4, 0.5) is 15.8 Å². The van der Waals surface area contributed by atoms with Gasteiger partial charge >= 0.3 is 0 Å². The molecule has 1 aliphatic rings. The fourth-order valence-corrected chi connectivity index (χ4v) is 4.08. The zero-order chi connectivity index (χ0) is 20.5. The molecular weight excluding hydrogens is 389 g/mol. The van der Waals surface area contributed by atoms with E-state index in [2.05, 4.69) is 0 Å². The monoisotopic (exact) mass is 407 g/mol. The zero-order valence-corrected chi connectivity index (χ0v) is 15.6. The van der Waals surface area contributed by atoms with Crippen LogP contribution in [0.5, 0.6) is 0 Å². The third kappa shape index (κ3) is 4.18. The average Bonchev–Trinajstić information content (AvgIpc) is 2.67. The number of Topliss-reactive ketones (excluding diaryl/α,β-unsaturated/α-hetero) is 1. The number of carbonyl (C=O) groups excluding carboxylic acids is 1. The first-order valence-electron chi connectivity index (χ1n) is 8.53. The van der Waals surface area contributed by atoms with Gasteiger partial charge < -0.3 is 4.90 Å². The van der Waals surface area contributed by atoms with Gasteiger partial charge in [-0.05, 0) is 43.2 Å². The smallest absolute Gasteiger partial charge is 0.271 e. The summed E-state index contributed by atoms with van der Waals surface area (Å²) < 4.78 is 36.7. The number of nitro benzene ring substituents is 1. The second-order valence-electron chi connectivity index (χ2n) is 6.59. The third-order valence-corrected chi connectivity index (χ3v) is 5.75. The van der Waals surface area contributed by atoms with Gasteiger partial charge in [0.25, 0.3) is 5.69 Å². The van der Waals surface area contributed by atoms with Gasteiger partial charge in [0.2, 0.25) is 10.0 Å². The van der Waals surface area contributed by atoms with Crippen molar-refractivity contribution in [2.24, 2.45) is 11.1 Å². The standard InChI is InChI=1S/C18H18FN3O5S/c19-14-3-1-12(2-4-14)18(23)13-7-9-21(10-8-13)16-11-15(22(24)25)5-6-17(16)28(20,26)27/h1-6,11,13H,7-10H2,(H2,20,26,27). The maximum atomic E-state index is 13.0. The highest BCUT2D eigenvalue weighted by molar-refractivity contribution is 7.89. The first-order valence-corrected chi connectivity index (χ1v) is 10.1. The lowest BCUT2D eigenvalue weighted by Gasteiger charge is -2.33. The Kier molecular flexibility index (Phi) is 5.43. The van der Waals surface area contributed by atoms with E-state index in [4.69, 9.17) is 5.14 Å². The Morgan fingerprint density at radius 2 is 1.75 bits per heavy atom. The molecule has 1 aliphatic heterocycles. The number of nitro groups is 1. The molecule has 28 heavy (non-hydrogen) atoms. The molecule has 10 heteroatoms. The SMILES string of the molecule is NS(=O)(=O)c1ccc([N+](=O)[O-])cc1N1CCC(C(=O)c2ccc(F)cc2)CC1. The summed E-state index contributed by atoms with van der Waals surface area (Å²) in [6.07, 6.45) is 0.867. The number of nitrogens with zero attached hydrogens (tertiary/aromatic N) is 2. The molecule has 0 aromatic heterocycles. The fourth-order valence-electron chi connectivity index (χ4n) is 3.34. The van der Waals surface area contributed by atoms with Crippen LogP contribution in [0.15, 0.2) is 47.4 Å². The van der Waals surface area contributed by atoms with E-state index in [0.717, 1.165) is 12.1 Å². The lowest BCUT2D eigenvalue weighted by Crippen LogP contribution is -2.37. The fraction of sp³-hybridized carbons (Fsp3) is 0.278. The van der Waals surface area contributed by atoms with Gasteiger partial charge in [-0.3, -0.25) is 14.9 Å². The summed E-state index contributed by atoms with van der Waals surface area (Å²) in [5.74, 6) is -0.823. The molecule has 0 bridgehead atoms. The Balaban J connectivity index is 1.81. The summed E-state index contributed by atoms with van der Waals surface area (Å²) >= 11 is 0. The number of anilines is 1. The molecule has 0 aliphatic carbocycles. The number of hydrogen-bond acceptors (Lipinski definition) is 6. The highest BCUT2D eigenvalue weighted by atomic mass is 32.2. The molecule has 2 N–H and O–H groups in total. The Bertz CT molecular complexity index is 1020. The minimum atomic E-state index is -4.07. The Labute approximate surface area is 161 Å². The van der Waals surface area contributed by atoms with E-state index in [1.165, 1.54) is 30.3 Å². The molecule has 3 rings (SSSR count). The van der Waals surface area contributed by atoms with Crippen LogP contribution in [0.25, 0.3) is 0 Å². The average molecular weight is 407 g/mol. The van der Waals surface area contributed by atoms with Crippen LogP contribution in [0.3, 0.4) is 0 Å². The number of primary sulfonamides is 1. The van der Waals surface area contributed by atoms with Gasteiger partial charge in [0.15, 0.2) is 5.78 Å². The van der Waals surface area contributed by atoms with Crippen LogP contribution in [0, 0.1) is 21.8 Å². The highest BCUT2D eigenvalue weighted by Gasteiger charge is 2.29. The number of benzene rings is 2. The van der Waals surface area contributed by atoms with E-state index in [-0.39, 0.29) is 28.0 Å². The second-order valence-corrected chi connectivity index (χ2v) is 8.12. The van der Waals surface area contributed by atoms with Gasteiger partial charge in [0.1, 0.15) is 10.7 Å². The van der Waals surface area contributed by atoms with Crippen LogP contribution in [0.1, 0.15) is 23.2 Å². The van der Waals surface area contributed by atoms with E-state index in [1.54, 1.807) is 4.90 Å². The van der Waals surface area contributed by atoms with Crippen LogP contribution < -0.4 is 10.0 Å². The minimum absolute atomic E-state index is 0.106. The van der Waals surface area contributed by atoms with Crippen molar-refractivity contribution in [3.05, 3.63) is 64.0 Å². The summed E-state index contributed by atoms with van der Waals surface area (Å²) in [6.45, 7) is 0.669. The van der Waals surface area contributed by atoms with Gasteiger partial charge in [-0.1, -0.05) is 0 Å². The molecule has 2 aromatic carbocycles. The number of sulfonamides is 1. The highest BCUT2D eigenvalue weighted by Crippen LogP contribution is 2.32. The van der Waals surface area contributed by atoms with Gasteiger partial charge in [-0.15, -0.1) is 0 Å². The third-order valence-electron chi connectivity index (χ3n) is 4.80. The van der Waals surface area contributed by atoms with E-state index in [0.29, 0.717) is 31.5 Å². The summed E-state index contributed by atoms with van der Waals surface area (Å²) in [4.78, 5) is 24.5. The van der Waals surface area contributed by atoms with Crippen molar-refractivity contribution in [2.45, 2.75) is 17.7 Å². The molecule has 0 amide bonds. The number of rotatable bonds is 5. The van der Waals surface area contributed by atoms with E-state index in [9.17, 15) is 27.7 Å². The number of carbonyl (C=O) groups is 1. The molecule has 0 saturated carbocycles. The van der Waals surface area contributed by atoms with Crippen LogP contribution >= 0.6 is 0 Å². The molecule has 0 radical (unpaired) electrons. The maximum Gasteiger partial charge on any atom is 0.271 e. The minimum Gasteiger partial charge on any atom is -0.370 e. The van der Waals surface area contributed by atoms with Crippen molar-refractivity contribution < 1.29 is 22.5 Å². The lowest BCUT2D eigenvalue weighted by molar-refractivity contribution is -0.384. The number of halogens is 1. The molecule has 0 atom stereocenters. The predicted molar refractivity (Wildman–Crippen MR) is 100 cm³/mol. The molecule has 8 nitrogen and oxygen atoms in total. The van der Waals surface area contributed by atoms with Crippen molar-refractivity contribution in [1.29, 1.82) is 0 Å². The van der Waals surface area contributed by atoms with Crippen molar-refractivity contribution in [1.82, 2.24) is 0 Å². The van der Waals surface area contributed by atoms with Gasteiger partial charge in [0.05, 0.1) is 10.6 Å². The first kappa shape index (κ1) is 19.9. The maximum absolute atomic E-state index is 13.0. The van der Waals surface area contributed by atoms with Crippen LogP contribution in [-0.4, -0.2) is 32.2 Å². The number of ketones is 1. The summed E-state index contributed by atoms with van der Waals surface area (Å²) in [5, 5.41) is 16.3. The van der Waals surface area contributed by atoms with Gasteiger partial charge in [-0.2, -0.15) is 0 Å². The number of non-ortho nitro benzene ring substituents is 1. The van der Waals surface area contributed by atoms with Crippen molar-refractivity contribution in [2.75, 3.05) is 18.0 Å². The molecule has 148 valence electrons. The topological polar surface area (TPSA) is 124 Å². The second kappa shape index (κ2) is 7.64. The Morgan fingerprint density at radius 3 is 2.29 bits per heavy atom. The summed E-state index contributed by atoms with van der Waals surface area (Å²) in [5.41, 5.74) is 0.330. The zero-order valence-electron chi connectivity index (χ0n) is 14.7. The molecule has 1 saturated heterocycles. The first-order chi connectivity index (χ1) is 13.2. The Morgan fingerprint density at radius 1 is 1.14 bits per heavy atom. The largest absolute Gasteiger partial charge is 0.370 e. The normalized spacial score (nSPS) is 15.4. The van der Waals surface area contributed by atoms with Gasteiger partial charge in [0, 0.05) is 36.7 Å². The van der Waals surface area contributed by atoms with Crippen molar-refractivity contribution in [3.63, 3.8) is 0 Å².